The number of carboxylic acids is 1. The van der Waals surface area contributed by atoms with Gasteiger partial charge in [-0.1, -0.05) is 23.2 Å². The topological polar surface area (TPSA) is 119 Å². The second-order valence-electron chi connectivity index (χ2n) is 9.70. The molecule has 0 saturated carbocycles. The fourth-order valence-electron chi connectivity index (χ4n) is 5.21. The van der Waals surface area contributed by atoms with Gasteiger partial charge in [-0.25, -0.2) is 14.5 Å². The number of amides is 4. The molecule has 3 aliphatic heterocycles. The molecule has 1 aromatic carbocycles. The van der Waals surface area contributed by atoms with Crippen molar-refractivity contribution in [2.75, 3.05) is 45.9 Å². The molecule has 3 heterocycles. The van der Waals surface area contributed by atoms with E-state index in [0.29, 0.717) is 48.3 Å². The van der Waals surface area contributed by atoms with Crippen LogP contribution in [0.3, 0.4) is 0 Å². The van der Waals surface area contributed by atoms with E-state index in [1.807, 2.05) is 0 Å². The minimum absolute atomic E-state index is 0.0524. The second-order valence-corrected chi connectivity index (χ2v) is 10.5. The van der Waals surface area contributed by atoms with Gasteiger partial charge in [0.2, 0.25) is 11.8 Å². The van der Waals surface area contributed by atoms with Gasteiger partial charge in [-0.15, -0.1) is 0 Å². The van der Waals surface area contributed by atoms with Crippen molar-refractivity contribution in [2.24, 2.45) is 11.8 Å². The van der Waals surface area contributed by atoms with Gasteiger partial charge < -0.3 is 25.0 Å². The highest BCUT2D eigenvalue weighted by molar-refractivity contribution is 6.35. The van der Waals surface area contributed by atoms with Crippen molar-refractivity contribution < 1.29 is 29.0 Å². The van der Waals surface area contributed by atoms with E-state index in [4.69, 9.17) is 27.9 Å². The van der Waals surface area contributed by atoms with E-state index in [1.54, 1.807) is 23.1 Å². The maximum absolute atomic E-state index is 13.0. The SMILES string of the molecule is O=C(O)[C@@H]1[C@@H](CC2CCNCC2)C(=O)N1C(=O)N1CCN(C(=O)CCCOc2ccc(Cl)cc2Cl)CC1. The molecule has 2 N–H and O–H groups in total. The molecule has 4 rings (SSSR count). The Morgan fingerprint density at radius 1 is 1.05 bits per heavy atom. The predicted molar refractivity (Wildman–Crippen MR) is 137 cm³/mol. The highest BCUT2D eigenvalue weighted by Gasteiger charge is 2.56. The van der Waals surface area contributed by atoms with E-state index in [2.05, 4.69) is 5.32 Å². The molecular formula is C25H32Cl2N4O6. The molecule has 202 valence electrons. The van der Waals surface area contributed by atoms with Gasteiger partial charge in [-0.2, -0.15) is 0 Å². The number of hydrogen-bond acceptors (Lipinski definition) is 6. The lowest BCUT2D eigenvalue weighted by Crippen LogP contribution is -2.69. The van der Waals surface area contributed by atoms with Crippen LogP contribution in [-0.4, -0.2) is 95.5 Å². The Bertz CT molecular complexity index is 1030. The predicted octanol–water partition coefficient (Wildman–Crippen LogP) is 2.72. The number of imide groups is 1. The molecule has 1 aromatic rings. The molecule has 4 amide bonds. The smallest absolute Gasteiger partial charge is 0.327 e. The molecule has 10 nitrogen and oxygen atoms in total. The van der Waals surface area contributed by atoms with Crippen LogP contribution in [0.15, 0.2) is 18.2 Å². The number of halogens is 2. The summed E-state index contributed by atoms with van der Waals surface area (Å²) in [6, 6.07) is 3.24. The normalized spacial score (nSPS) is 22.5. The molecule has 0 unspecified atom stereocenters. The summed E-state index contributed by atoms with van der Waals surface area (Å²) in [5, 5.41) is 13.9. The molecule has 0 bridgehead atoms. The minimum Gasteiger partial charge on any atom is -0.492 e. The van der Waals surface area contributed by atoms with Crippen LogP contribution >= 0.6 is 23.2 Å². The minimum atomic E-state index is -1.15. The molecule has 37 heavy (non-hydrogen) atoms. The number of piperazine rings is 1. The Balaban J connectivity index is 1.21. The number of carbonyl (C=O) groups excluding carboxylic acids is 3. The molecule has 0 radical (unpaired) electrons. The van der Waals surface area contributed by atoms with Crippen molar-refractivity contribution in [3.8, 4) is 5.75 Å². The number of hydrogen-bond donors (Lipinski definition) is 2. The zero-order valence-electron chi connectivity index (χ0n) is 20.5. The Hall–Kier alpha value is -2.56. The van der Waals surface area contributed by atoms with Crippen molar-refractivity contribution in [1.82, 2.24) is 20.0 Å². The third-order valence-electron chi connectivity index (χ3n) is 7.31. The summed E-state index contributed by atoms with van der Waals surface area (Å²) in [7, 11) is 0. The summed E-state index contributed by atoms with van der Waals surface area (Å²) in [4.78, 5) is 54.4. The third kappa shape index (κ3) is 6.48. The van der Waals surface area contributed by atoms with Crippen LogP contribution in [0.1, 0.15) is 32.1 Å². The van der Waals surface area contributed by atoms with Gasteiger partial charge in [-0.3, -0.25) is 9.59 Å². The van der Waals surface area contributed by atoms with Crippen LogP contribution in [-0.2, 0) is 14.4 Å². The largest absolute Gasteiger partial charge is 0.492 e. The molecule has 3 saturated heterocycles. The van der Waals surface area contributed by atoms with Crippen molar-refractivity contribution in [3.05, 3.63) is 28.2 Å². The average molecular weight is 555 g/mol. The number of aliphatic carboxylic acids is 1. The molecule has 2 atom stereocenters. The lowest BCUT2D eigenvalue weighted by Gasteiger charge is -2.47. The Kier molecular flexibility index (Phi) is 9.15. The van der Waals surface area contributed by atoms with Crippen LogP contribution in [0.2, 0.25) is 10.0 Å². The van der Waals surface area contributed by atoms with Crippen LogP contribution < -0.4 is 10.1 Å². The molecule has 0 spiro atoms. The maximum atomic E-state index is 13.0. The van der Waals surface area contributed by atoms with Crippen molar-refractivity contribution in [3.63, 3.8) is 0 Å². The summed E-state index contributed by atoms with van der Waals surface area (Å²) < 4.78 is 5.62. The van der Waals surface area contributed by atoms with E-state index >= 15 is 0 Å². The fourth-order valence-corrected chi connectivity index (χ4v) is 5.67. The maximum Gasteiger partial charge on any atom is 0.327 e. The van der Waals surface area contributed by atoms with E-state index in [9.17, 15) is 24.3 Å². The Morgan fingerprint density at radius 3 is 2.38 bits per heavy atom. The summed E-state index contributed by atoms with van der Waals surface area (Å²) in [6.45, 7) is 3.18. The number of benzene rings is 1. The number of carboxylic acid groups (broad SMARTS) is 1. The van der Waals surface area contributed by atoms with Crippen LogP contribution in [0, 0.1) is 11.8 Å². The van der Waals surface area contributed by atoms with Crippen molar-refractivity contribution >= 4 is 47.0 Å². The highest BCUT2D eigenvalue weighted by atomic mass is 35.5. The molecule has 0 aromatic heterocycles. The van der Waals surface area contributed by atoms with Gasteiger partial charge in [0.15, 0.2) is 6.04 Å². The fraction of sp³-hybridized carbons (Fsp3) is 0.600. The third-order valence-corrected chi connectivity index (χ3v) is 7.84. The number of urea groups is 1. The molecule has 3 aliphatic rings. The van der Waals surface area contributed by atoms with Gasteiger partial charge in [0.25, 0.3) is 0 Å². The van der Waals surface area contributed by atoms with Gasteiger partial charge in [-0.05, 0) is 62.9 Å². The quantitative estimate of drug-likeness (QED) is 0.374. The number of ether oxygens (including phenoxy) is 1. The molecule has 12 heteroatoms. The van der Waals surface area contributed by atoms with Gasteiger partial charge in [0.05, 0.1) is 17.5 Å². The van der Waals surface area contributed by atoms with E-state index in [-0.39, 0.29) is 31.3 Å². The molecular weight excluding hydrogens is 523 g/mol. The van der Waals surface area contributed by atoms with Gasteiger partial charge in [0.1, 0.15) is 5.75 Å². The van der Waals surface area contributed by atoms with Crippen molar-refractivity contribution in [1.29, 1.82) is 0 Å². The van der Waals surface area contributed by atoms with Crippen LogP contribution in [0.5, 0.6) is 5.75 Å². The Morgan fingerprint density at radius 2 is 1.73 bits per heavy atom. The zero-order valence-corrected chi connectivity index (χ0v) is 22.0. The molecule has 0 aliphatic carbocycles. The number of carbonyl (C=O) groups is 4. The monoisotopic (exact) mass is 554 g/mol. The van der Waals surface area contributed by atoms with Crippen molar-refractivity contribution in [2.45, 2.75) is 38.1 Å². The van der Waals surface area contributed by atoms with Gasteiger partial charge >= 0.3 is 12.0 Å². The Labute approximate surface area is 225 Å². The highest BCUT2D eigenvalue weighted by Crippen LogP contribution is 2.36. The van der Waals surface area contributed by atoms with Crippen LogP contribution in [0.4, 0.5) is 4.79 Å². The van der Waals surface area contributed by atoms with E-state index < -0.39 is 29.9 Å². The zero-order chi connectivity index (χ0) is 26.5. The number of nitrogens with zero attached hydrogens (tertiary/aromatic N) is 3. The first-order chi connectivity index (χ1) is 17.8. The number of piperidine rings is 1. The number of likely N-dealkylation sites (tertiary alicyclic amines) is 1. The molecule has 3 fully saturated rings. The number of β-lactam (4-membered cyclic amide) rings is 1. The number of rotatable bonds is 8. The first kappa shape index (κ1) is 27.5. The van der Waals surface area contributed by atoms with E-state index in [0.717, 1.165) is 30.8 Å². The van der Waals surface area contributed by atoms with Gasteiger partial charge in [0, 0.05) is 37.6 Å². The average Bonchev–Trinajstić information content (AvgIpc) is 2.89. The van der Waals surface area contributed by atoms with E-state index in [1.165, 1.54) is 4.90 Å². The summed E-state index contributed by atoms with van der Waals surface area (Å²) in [5.41, 5.74) is 0. The number of nitrogens with one attached hydrogen (secondary N) is 1. The standard InChI is InChI=1S/C25H32Cl2N4O6/c26-17-3-4-20(19(27)15-17)37-13-1-2-21(32)29-9-11-30(12-10-29)25(36)31-22(24(34)35)18(23(31)33)14-16-5-7-28-8-6-16/h3-4,15-16,18,22,28H,1-2,5-14H2,(H,34,35)/t18-,22+/m1/s1. The van der Waals surface area contributed by atoms with Crippen LogP contribution in [0.25, 0.3) is 0 Å². The second kappa shape index (κ2) is 12.3. The summed E-state index contributed by atoms with van der Waals surface area (Å²) in [5.74, 6) is -1.47. The first-order valence-corrected chi connectivity index (χ1v) is 13.4. The summed E-state index contributed by atoms with van der Waals surface area (Å²) >= 11 is 12.0. The first-order valence-electron chi connectivity index (χ1n) is 12.7. The lowest BCUT2D eigenvalue weighted by atomic mass is 9.78. The summed E-state index contributed by atoms with van der Waals surface area (Å²) in [6.07, 6.45) is 3.08. The lowest BCUT2D eigenvalue weighted by molar-refractivity contribution is -0.167.